The van der Waals surface area contributed by atoms with E-state index in [1.54, 1.807) is 6.20 Å². The average molecular weight is 427 g/mol. The van der Waals surface area contributed by atoms with Crippen LogP contribution in [0.25, 0.3) is 11.1 Å². The highest BCUT2D eigenvalue weighted by molar-refractivity contribution is 6.30. The summed E-state index contributed by atoms with van der Waals surface area (Å²) in [5, 5.41) is 8.77. The van der Waals surface area contributed by atoms with Gasteiger partial charge in [0.25, 0.3) is 11.6 Å². The molecule has 0 bridgehead atoms. The standard InChI is InChI=1S/C23H27ClN4O2/c1-14(2)20-19-10-15(12-26-22(19)30-28-20)21(29)27-18-6-8-23(13-25,9-7-18)16-4-3-5-17(24)11-16/h3-5,10-12,14,18H,6-9,13,25H2,1-2H3,(H,27,29). The van der Waals surface area contributed by atoms with E-state index in [2.05, 4.69) is 21.5 Å². The van der Waals surface area contributed by atoms with Crippen LogP contribution >= 0.6 is 11.6 Å². The Balaban J connectivity index is 1.45. The smallest absolute Gasteiger partial charge is 0.257 e. The van der Waals surface area contributed by atoms with Crippen LogP contribution in [0.4, 0.5) is 0 Å². The molecule has 1 aromatic carbocycles. The molecule has 0 atom stereocenters. The number of nitrogens with two attached hydrogens (primary N) is 1. The first-order chi connectivity index (χ1) is 14.4. The molecule has 0 unspecified atom stereocenters. The Kier molecular flexibility index (Phi) is 5.80. The van der Waals surface area contributed by atoms with Crippen LogP contribution in [0.15, 0.2) is 41.1 Å². The molecular weight excluding hydrogens is 400 g/mol. The van der Waals surface area contributed by atoms with Crippen LogP contribution in [-0.4, -0.2) is 28.6 Å². The minimum atomic E-state index is -0.117. The highest BCUT2D eigenvalue weighted by atomic mass is 35.5. The SMILES string of the molecule is CC(C)c1noc2ncc(C(=O)NC3CCC(CN)(c4cccc(Cl)c4)CC3)cc12. The van der Waals surface area contributed by atoms with Crippen molar-refractivity contribution in [1.29, 1.82) is 0 Å². The van der Waals surface area contributed by atoms with E-state index in [1.807, 2.05) is 38.1 Å². The van der Waals surface area contributed by atoms with Gasteiger partial charge in [0.15, 0.2) is 0 Å². The van der Waals surface area contributed by atoms with Gasteiger partial charge in [-0.3, -0.25) is 4.79 Å². The van der Waals surface area contributed by atoms with E-state index in [-0.39, 0.29) is 23.3 Å². The number of halogens is 1. The predicted molar refractivity (Wildman–Crippen MR) is 118 cm³/mol. The molecule has 1 fully saturated rings. The first kappa shape index (κ1) is 20.8. The van der Waals surface area contributed by atoms with Crippen LogP contribution in [0, 0.1) is 0 Å². The zero-order chi connectivity index (χ0) is 21.3. The molecular formula is C23H27ClN4O2. The topological polar surface area (TPSA) is 94.0 Å². The number of nitrogens with one attached hydrogen (secondary N) is 1. The molecule has 1 aliphatic carbocycles. The number of hydrogen-bond acceptors (Lipinski definition) is 5. The van der Waals surface area contributed by atoms with Gasteiger partial charge in [0, 0.05) is 29.2 Å². The second-order valence-corrected chi connectivity index (χ2v) is 8.98. The molecule has 6 nitrogen and oxygen atoms in total. The maximum absolute atomic E-state index is 12.9. The zero-order valence-corrected chi connectivity index (χ0v) is 18.1. The third kappa shape index (κ3) is 3.94. The van der Waals surface area contributed by atoms with Gasteiger partial charge in [-0.05, 0) is 55.4 Å². The van der Waals surface area contributed by atoms with Gasteiger partial charge in [-0.2, -0.15) is 0 Å². The molecule has 30 heavy (non-hydrogen) atoms. The molecule has 1 amide bonds. The fraction of sp³-hybridized carbons (Fsp3) is 0.435. The molecule has 1 aliphatic rings. The van der Waals surface area contributed by atoms with Crippen molar-refractivity contribution in [2.45, 2.75) is 56.9 Å². The predicted octanol–water partition coefficient (Wildman–Crippen LogP) is 4.57. The van der Waals surface area contributed by atoms with Crippen LogP contribution in [0.1, 0.15) is 67.1 Å². The molecule has 3 N–H and O–H groups in total. The summed E-state index contributed by atoms with van der Waals surface area (Å²) in [7, 11) is 0. The molecule has 7 heteroatoms. The van der Waals surface area contributed by atoms with Gasteiger partial charge in [0.05, 0.1) is 16.6 Å². The fourth-order valence-electron chi connectivity index (χ4n) is 4.40. The third-order valence-electron chi connectivity index (χ3n) is 6.27. The lowest BCUT2D eigenvalue weighted by molar-refractivity contribution is 0.0917. The highest BCUT2D eigenvalue weighted by Gasteiger charge is 2.36. The summed E-state index contributed by atoms with van der Waals surface area (Å²) in [4.78, 5) is 17.1. The quantitative estimate of drug-likeness (QED) is 0.623. The second kappa shape index (κ2) is 8.36. The van der Waals surface area contributed by atoms with Crippen molar-refractivity contribution in [2.24, 2.45) is 5.73 Å². The monoisotopic (exact) mass is 426 g/mol. The lowest BCUT2D eigenvalue weighted by Gasteiger charge is -2.40. The first-order valence-corrected chi connectivity index (χ1v) is 10.8. The molecule has 0 spiro atoms. The minimum Gasteiger partial charge on any atom is -0.349 e. The van der Waals surface area contributed by atoms with Crippen molar-refractivity contribution in [3.63, 3.8) is 0 Å². The summed E-state index contributed by atoms with van der Waals surface area (Å²) in [6.45, 7) is 4.64. The Bertz CT molecular complexity index is 1050. The number of carbonyl (C=O) groups excluding carboxylic acids is 1. The van der Waals surface area contributed by atoms with E-state index >= 15 is 0 Å². The molecule has 2 heterocycles. The summed E-state index contributed by atoms with van der Waals surface area (Å²) in [6.07, 6.45) is 5.11. The summed E-state index contributed by atoms with van der Waals surface area (Å²) in [5.41, 5.74) is 9.09. The summed E-state index contributed by atoms with van der Waals surface area (Å²) in [5.74, 6) is 0.0777. The van der Waals surface area contributed by atoms with Crippen molar-refractivity contribution in [3.8, 4) is 0 Å². The van der Waals surface area contributed by atoms with Crippen LogP contribution in [0.5, 0.6) is 0 Å². The van der Waals surface area contributed by atoms with Crippen LogP contribution in [0.2, 0.25) is 5.02 Å². The van der Waals surface area contributed by atoms with E-state index in [1.165, 1.54) is 5.56 Å². The zero-order valence-electron chi connectivity index (χ0n) is 17.3. The van der Waals surface area contributed by atoms with Crippen LogP contribution in [-0.2, 0) is 5.41 Å². The lowest BCUT2D eigenvalue weighted by Crippen LogP contribution is -2.45. The Morgan fingerprint density at radius 2 is 2.10 bits per heavy atom. The molecule has 0 aliphatic heterocycles. The number of aromatic nitrogens is 2. The van der Waals surface area contributed by atoms with Gasteiger partial charge in [-0.15, -0.1) is 0 Å². The minimum absolute atomic E-state index is 0.0821. The van der Waals surface area contributed by atoms with Gasteiger partial charge in [0.1, 0.15) is 0 Å². The van der Waals surface area contributed by atoms with Crippen molar-refractivity contribution in [2.75, 3.05) is 6.54 Å². The number of amides is 1. The van der Waals surface area contributed by atoms with E-state index < -0.39 is 0 Å². The lowest BCUT2D eigenvalue weighted by atomic mass is 9.68. The molecule has 158 valence electrons. The Hall–Kier alpha value is -2.44. The van der Waals surface area contributed by atoms with Crippen molar-refractivity contribution in [3.05, 3.63) is 58.4 Å². The number of fused-ring (bicyclic) bond motifs is 1. The summed E-state index contributed by atoms with van der Waals surface area (Å²) in [6, 6.07) is 9.90. The van der Waals surface area contributed by atoms with Gasteiger partial charge in [-0.1, -0.05) is 42.7 Å². The first-order valence-electron chi connectivity index (χ1n) is 10.4. The fourth-order valence-corrected chi connectivity index (χ4v) is 4.59. The van der Waals surface area contributed by atoms with Crippen LogP contribution < -0.4 is 11.1 Å². The van der Waals surface area contributed by atoms with E-state index in [9.17, 15) is 4.79 Å². The van der Waals surface area contributed by atoms with E-state index in [0.717, 1.165) is 41.8 Å². The number of pyridine rings is 1. The Morgan fingerprint density at radius 3 is 2.77 bits per heavy atom. The molecule has 0 radical (unpaired) electrons. The normalized spacial score (nSPS) is 21.8. The van der Waals surface area contributed by atoms with Crippen molar-refractivity contribution < 1.29 is 9.32 Å². The summed E-state index contributed by atoms with van der Waals surface area (Å²) >= 11 is 6.20. The maximum Gasteiger partial charge on any atom is 0.257 e. The van der Waals surface area contributed by atoms with Crippen LogP contribution in [0.3, 0.4) is 0 Å². The average Bonchev–Trinajstić information content (AvgIpc) is 3.18. The number of benzene rings is 1. The molecule has 4 rings (SSSR count). The van der Waals surface area contributed by atoms with Crippen molar-refractivity contribution >= 4 is 28.6 Å². The Morgan fingerprint density at radius 1 is 1.33 bits per heavy atom. The largest absolute Gasteiger partial charge is 0.349 e. The molecule has 1 saturated carbocycles. The van der Waals surface area contributed by atoms with E-state index in [4.69, 9.17) is 21.9 Å². The molecule has 3 aromatic rings. The number of hydrogen-bond donors (Lipinski definition) is 2. The number of carbonyl (C=O) groups is 1. The van der Waals surface area contributed by atoms with Gasteiger partial charge >= 0.3 is 0 Å². The highest BCUT2D eigenvalue weighted by Crippen LogP contribution is 2.39. The summed E-state index contributed by atoms with van der Waals surface area (Å²) < 4.78 is 5.27. The third-order valence-corrected chi connectivity index (χ3v) is 6.51. The van der Waals surface area contributed by atoms with E-state index in [0.29, 0.717) is 17.8 Å². The van der Waals surface area contributed by atoms with Gasteiger partial charge in [-0.25, -0.2) is 4.98 Å². The second-order valence-electron chi connectivity index (χ2n) is 8.54. The maximum atomic E-state index is 12.9. The Labute approximate surface area is 181 Å². The van der Waals surface area contributed by atoms with Gasteiger partial charge < -0.3 is 15.6 Å². The van der Waals surface area contributed by atoms with Gasteiger partial charge in [0.2, 0.25) is 0 Å². The number of rotatable bonds is 5. The molecule has 0 saturated heterocycles. The van der Waals surface area contributed by atoms with Crippen molar-refractivity contribution in [1.82, 2.24) is 15.5 Å². The molecule has 2 aromatic heterocycles. The number of nitrogens with zero attached hydrogens (tertiary/aromatic N) is 2.